The first-order valence-electron chi connectivity index (χ1n) is 13.9. The van der Waals surface area contributed by atoms with Crippen LogP contribution in [0.3, 0.4) is 0 Å². The molecule has 2 aromatic rings. The lowest BCUT2D eigenvalue weighted by molar-refractivity contribution is -0.141. The van der Waals surface area contributed by atoms with Crippen molar-refractivity contribution >= 4 is 17.7 Å². The number of nitrogens with one attached hydrogen (secondary N) is 3. The maximum absolute atomic E-state index is 14.7. The van der Waals surface area contributed by atoms with E-state index in [0.29, 0.717) is 36.9 Å². The third-order valence-electron chi connectivity index (χ3n) is 7.11. The average molecular weight is 559 g/mol. The minimum atomic E-state index is -0.943. The topological polar surface area (TPSA) is 99.8 Å². The Bertz CT molecular complexity index is 1160. The molecule has 1 aliphatic heterocycles. The predicted molar refractivity (Wildman–Crippen MR) is 149 cm³/mol. The molecular weight excluding hydrogens is 518 g/mol. The van der Waals surface area contributed by atoms with Gasteiger partial charge in [-0.15, -0.1) is 0 Å². The molecule has 0 spiro atoms. The molecule has 40 heavy (non-hydrogen) atoms. The van der Waals surface area contributed by atoms with Crippen LogP contribution in [0.2, 0.25) is 0 Å². The molecule has 0 aliphatic carbocycles. The van der Waals surface area contributed by atoms with Gasteiger partial charge in [-0.3, -0.25) is 14.4 Å². The number of carbonyl (C=O) groups excluding carboxylic acids is 3. The number of carbonyl (C=O) groups is 3. The smallest absolute Gasteiger partial charge is 0.243 e. The highest BCUT2D eigenvalue weighted by molar-refractivity contribution is 5.92. The summed E-state index contributed by atoms with van der Waals surface area (Å²) in [7, 11) is 1.55. The zero-order chi connectivity index (χ0) is 29.2. The van der Waals surface area contributed by atoms with Crippen molar-refractivity contribution in [2.75, 3.05) is 20.1 Å². The number of hydrogen-bond donors (Lipinski definition) is 3. The van der Waals surface area contributed by atoms with Crippen molar-refractivity contribution in [1.29, 1.82) is 0 Å². The standard InChI is InChI=1S/C30H40F2N4O4/c1-5-8-25-30(39)36(4)20(3)28(37)35-26(17-21-12-14-23(31)15-13-21)29(38)33-16-7-10-22-9-6-11-24(32)27(22)40-19(2)18-34-25/h6,9,11-15,19-20,25-26,34H,5,7-8,10,16-18H2,1-4H3,(H,33,38)(H,35,37)/t19-,20-,25+,26-/m1/s1. The zero-order valence-electron chi connectivity index (χ0n) is 23.6. The fourth-order valence-electron chi connectivity index (χ4n) is 4.62. The highest BCUT2D eigenvalue weighted by Crippen LogP contribution is 2.25. The Hall–Kier alpha value is -3.53. The second-order valence-corrected chi connectivity index (χ2v) is 10.3. The number of ether oxygens (including phenoxy) is 1. The number of likely N-dealkylation sites (N-methyl/N-ethyl adjacent to an activating group) is 1. The van der Waals surface area contributed by atoms with Gasteiger partial charge in [0.1, 0.15) is 24.0 Å². The first-order chi connectivity index (χ1) is 19.1. The van der Waals surface area contributed by atoms with E-state index in [1.165, 1.54) is 23.1 Å². The molecule has 4 atom stereocenters. The van der Waals surface area contributed by atoms with E-state index < -0.39 is 47.7 Å². The van der Waals surface area contributed by atoms with Gasteiger partial charge in [-0.25, -0.2) is 8.78 Å². The molecule has 1 heterocycles. The molecule has 218 valence electrons. The summed E-state index contributed by atoms with van der Waals surface area (Å²) in [6, 6.07) is 8.09. The van der Waals surface area contributed by atoms with Gasteiger partial charge in [-0.1, -0.05) is 37.6 Å². The normalized spacial score (nSPS) is 23.8. The minimum Gasteiger partial charge on any atom is -0.486 e. The van der Waals surface area contributed by atoms with Gasteiger partial charge in [-0.2, -0.15) is 0 Å². The van der Waals surface area contributed by atoms with Crippen molar-refractivity contribution < 1.29 is 27.9 Å². The van der Waals surface area contributed by atoms with Crippen LogP contribution in [0.25, 0.3) is 0 Å². The van der Waals surface area contributed by atoms with E-state index in [9.17, 15) is 23.2 Å². The number of fused-ring (bicyclic) bond motifs is 1. The van der Waals surface area contributed by atoms with Crippen LogP contribution in [0.1, 0.15) is 51.2 Å². The van der Waals surface area contributed by atoms with Crippen LogP contribution in [-0.4, -0.2) is 67.0 Å². The Morgan fingerprint density at radius 3 is 2.42 bits per heavy atom. The van der Waals surface area contributed by atoms with Crippen molar-refractivity contribution in [3.63, 3.8) is 0 Å². The van der Waals surface area contributed by atoms with Gasteiger partial charge in [0, 0.05) is 26.6 Å². The fourth-order valence-corrected chi connectivity index (χ4v) is 4.62. The van der Waals surface area contributed by atoms with Gasteiger partial charge < -0.3 is 25.6 Å². The Morgan fingerprint density at radius 1 is 1.00 bits per heavy atom. The number of hydrogen-bond acceptors (Lipinski definition) is 5. The van der Waals surface area contributed by atoms with Gasteiger partial charge in [0.05, 0.1) is 6.04 Å². The number of rotatable bonds is 4. The van der Waals surface area contributed by atoms with Crippen LogP contribution in [-0.2, 0) is 27.2 Å². The lowest BCUT2D eigenvalue weighted by Crippen LogP contribution is -2.56. The second kappa shape index (κ2) is 14.7. The second-order valence-electron chi connectivity index (χ2n) is 10.3. The largest absolute Gasteiger partial charge is 0.486 e. The van der Waals surface area contributed by atoms with Gasteiger partial charge in [0.2, 0.25) is 17.7 Å². The molecule has 2 aromatic carbocycles. The van der Waals surface area contributed by atoms with Gasteiger partial charge in [0.25, 0.3) is 0 Å². The Labute approximate surface area is 234 Å². The predicted octanol–water partition coefficient (Wildman–Crippen LogP) is 3.13. The highest BCUT2D eigenvalue weighted by Gasteiger charge is 2.31. The molecule has 0 aromatic heterocycles. The molecule has 8 nitrogen and oxygen atoms in total. The van der Waals surface area contributed by atoms with E-state index in [1.807, 2.05) is 6.92 Å². The van der Waals surface area contributed by atoms with Crippen molar-refractivity contribution in [3.8, 4) is 5.75 Å². The summed E-state index contributed by atoms with van der Waals surface area (Å²) >= 11 is 0. The van der Waals surface area contributed by atoms with E-state index in [0.717, 1.165) is 6.42 Å². The summed E-state index contributed by atoms with van der Waals surface area (Å²) in [6.45, 7) is 5.95. The van der Waals surface area contributed by atoms with E-state index >= 15 is 0 Å². The molecule has 0 bridgehead atoms. The lowest BCUT2D eigenvalue weighted by Gasteiger charge is -2.30. The van der Waals surface area contributed by atoms with Gasteiger partial charge in [-0.05, 0) is 62.4 Å². The van der Waals surface area contributed by atoms with Crippen LogP contribution < -0.4 is 20.7 Å². The molecule has 0 unspecified atom stereocenters. The SMILES string of the molecule is CCC[C@@H]1NC[C@@H](C)Oc2c(F)cccc2CCCNC(=O)[C@@H](Cc2ccc(F)cc2)NC(=O)[C@@H](C)N(C)C1=O. The number of nitrogens with zero attached hydrogens (tertiary/aromatic N) is 1. The molecule has 0 saturated heterocycles. The monoisotopic (exact) mass is 558 g/mol. The average Bonchev–Trinajstić information content (AvgIpc) is 2.93. The van der Waals surface area contributed by atoms with Crippen LogP contribution in [0, 0.1) is 11.6 Å². The van der Waals surface area contributed by atoms with Gasteiger partial charge >= 0.3 is 0 Å². The van der Waals surface area contributed by atoms with Gasteiger partial charge in [0.15, 0.2) is 11.6 Å². The van der Waals surface area contributed by atoms with E-state index in [4.69, 9.17) is 4.74 Å². The number of benzene rings is 2. The summed E-state index contributed by atoms with van der Waals surface area (Å²) in [5.74, 6) is -1.87. The first kappa shape index (κ1) is 31.0. The number of aryl methyl sites for hydroxylation is 1. The van der Waals surface area contributed by atoms with Crippen LogP contribution in [0.5, 0.6) is 5.75 Å². The summed E-state index contributed by atoms with van der Waals surface area (Å²) in [5, 5.41) is 8.86. The van der Waals surface area contributed by atoms with E-state index in [1.54, 1.807) is 45.2 Å². The van der Waals surface area contributed by atoms with Crippen LogP contribution in [0.15, 0.2) is 42.5 Å². The molecule has 3 rings (SSSR count). The molecule has 3 N–H and O–H groups in total. The van der Waals surface area contributed by atoms with Crippen molar-refractivity contribution in [1.82, 2.24) is 20.9 Å². The van der Waals surface area contributed by atoms with Crippen molar-refractivity contribution in [3.05, 3.63) is 65.2 Å². The molecule has 0 saturated carbocycles. The zero-order valence-corrected chi connectivity index (χ0v) is 23.6. The van der Waals surface area contributed by atoms with Crippen LogP contribution >= 0.6 is 0 Å². The third kappa shape index (κ3) is 8.48. The maximum atomic E-state index is 14.7. The summed E-state index contributed by atoms with van der Waals surface area (Å²) in [6.07, 6.45) is 1.94. The molecule has 10 heteroatoms. The van der Waals surface area contributed by atoms with Crippen LogP contribution in [0.4, 0.5) is 8.78 Å². The highest BCUT2D eigenvalue weighted by atomic mass is 19.1. The summed E-state index contributed by atoms with van der Waals surface area (Å²) < 4.78 is 34.1. The minimum absolute atomic E-state index is 0.141. The summed E-state index contributed by atoms with van der Waals surface area (Å²) in [4.78, 5) is 41.2. The Morgan fingerprint density at radius 2 is 1.73 bits per heavy atom. The molecular formula is C30H40F2N4O4. The number of amides is 3. The van der Waals surface area contributed by atoms with Crippen molar-refractivity contribution in [2.45, 2.75) is 77.1 Å². The Kier molecular flexibility index (Phi) is 11.4. The Balaban J connectivity index is 1.88. The molecule has 0 fully saturated rings. The number of para-hydroxylation sites is 1. The third-order valence-corrected chi connectivity index (χ3v) is 7.11. The fraction of sp³-hybridized carbons (Fsp3) is 0.500. The molecule has 1 aliphatic rings. The quantitative estimate of drug-likeness (QED) is 0.536. The molecule has 3 amide bonds. The van der Waals surface area contributed by atoms with E-state index in [-0.39, 0.29) is 24.6 Å². The first-order valence-corrected chi connectivity index (χ1v) is 13.9. The lowest BCUT2D eigenvalue weighted by atomic mass is 10.0. The van der Waals surface area contributed by atoms with E-state index in [2.05, 4.69) is 16.0 Å². The van der Waals surface area contributed by atoms with Crippen molar-refractivity contribution in [2.24, 2.45) is 0 Å². The molecule has 0 radical (unpaired) electrons. The number of halogens is 2. The summed E-state index contributed by atoms with van der Waals surface area (Å²) in [5.41, 5.74) is 1.34. The maximum Gasteiger partial charge on any atom is 0.243 e.